The number of para-hydroxylation sites is 1. The van der Waals surface area contributed by atoms with E-state index in [9.17, 15) is 9.18 Å². The second-order valence-electron chi connectivity index (χ2n) is 6.39. The van der Waals surface area contributed by atoms with Crippen LogP contribution in [0.1, 0.15) is 13.3 Å². The second kappa shape index (κ2) is 8.71. The van der Waals surface area contributed by atoms with Crippen LogP contribution in [0.5, 0.6) is 0 Å². The Morgan fingerprint density at radius 3 is 2.62 bits per heavy atom. The molecule has 0 aliphatic heterocycles. The van der Waals surface area contributed by atoms with Crippen molar-refractivity contribution in [3.8, 4) is 11.1 Å². The fourth-order valence-corrected chi connectivity index (χ4v) is 5.00. The number of halogens is 1. The van der Waals surface area contributed by atoms with Crippen molar-refractivity contribution >= 4 is 44.9 Å². The van der Waals surface area contributed by atoms with Crippen molar-refractivity contribution < 1.29 is 9.18 Å². The van der Waals surface area contributed by atoms with E-state index in [-0.39, 0.29) is 17.0 Å². The minimum absolute atomic E-state index is 0.0611. The first-order chi connectivity index (χ1) is 14.2. The lowest BCUT2D eigenvalue weighted by Crippen LogP contribution is -2.24. The average molecular weight is 424 g/mol. The van der Waals surface area contributed by atoms with Gasteiger partial charge in [-0.05, 0) is 36.2 Å². The second-order valence-corrected chi connectivity index (χ2v) is 8.43. The summed E-state index contributed by atoms with van der Waals surface area (Å²) in [7, 11) is 0. The summed E-state index contributed by atoms with van der Waals surface area (Å²) in [6.45, 7) is 1.98. The number of rotatable bonds is 6. The van der Waals surface area contributed by atoms with Gasteiger partial charge in [-0.15, -0.1) is 11.3 Å². The Labute approximate surface area is 176 Å². The Hall–Kier alpha value is -2.77. The molecule has 0 aliphatic carbocycles. The van der Waals surface area contributed by atoms with Crippen LogP contribution in [-0.4, -0.2) is 21.1 Å². The van der Waals surface area contributed by atoms with E-state index < -0.39 is 0 Å². The van der Waals surface area contributed by atoms with Crippen LogP contribution in [0.3, 0.4) is 0 Å². The highest BCUT2D eigenvalue weighted by Gasteiger charge is 2.22. The molecule has 1 amide bonds. The maximum Gasteiger partial charge on any atom is 0.237 e. The number of hydrogen-bond donors (Lipinski definition) is 1. The monoisotopic (exact) mass is 423 g/mol. The number of anilines is 1. The summed E-state index contributed by atoms with van der Waals surface area (Å²) in [5.74, 6) is -0.336. The lowest BCUT2D eigenvalue weighted by Gasteiger charge is -2.15. The third kappa shape index (κ3) is 4.31. The molecule has 0 aliphatic rings. The molecule has 4 rings (SSSR count). The highest BCUT2D eigenvalue weighted by molar-refractivity contribution is 8.00. The zero-order chi connectivity index (χ0) is 20.2. The minimum atomic E-state index is -0.297. The number of thiophene rings is 1. The van der Waals surface area contributed by atoms with Crippen LogP contribution in [0.25, 0.3) is 21.3 Å². The Morgan fingerprint density at radius 2 is 1.90 bits per heavy atom. The van der Waals surface area contributed by atoms with Gasteiger partial charge in [-0.3, -0.25) is 4.79 Å². The van der Waals surface area contributed by atoms with Gasteiger partial charge in [0.25, 0.3) is 0 Å². The third-order valence-electron chi connectivity index (χ3n) is 4.45. The lowest BCUT2D eigenvalue weighted by molar-refractivity contribution is -0.115. The van der Waals surface area contributed by atoms with Gasteiger partial charge >= 0.3 is 0 Å². The average Bonchev–Trinajstić information content (AvgIpc) is 3.18. The van der Waals surface area contributed by atoms with Crippen LogP contribution in [0.4, 0.5) is 10.1 Å². The van der Waals surface area contributed by atoms with Crippen molar-refractivity contribution in [3.63, 3.8) is 0 Å². The number of carbonyl (C=O) groups is 1. The largest absolute Gasteiger partial charge is 0.325 e. The Bertz CT molecular complexity index is 1130. The molecule has 4 nitrogen and oxygen atoms in total. The van der Waals surface area contributed by atoms with Gasteiger partial charge in [0.1, 0.15) is 22.0 Å². The van der Waals surface area contributed by atoms with Gasteiger partial charge in [-0.1, -0.05) is 49.0 Å². The molecule has 4 aromatic rings. The maximum absolute atomic E-state index is 13.3. The molecule has 29 heavy (non-hydrogen) atoms. The molecule has 0 saturated heterocycles. The van der Waals surface area contributed by atoms with E-state index >= 15 is 0 Å². The summed E-state index contributed by atoms with van der Waals surface area (Å²) in [4.78, 5) is 22.5. The van der Waals surface area contributed by atoms with E-state index in [1.165, 1.54) is 41.6 Å². The Balaban J connectivity index is 1.65. The fraction of sp³-hybridized carbons (Fsp3) is 0.136. The summed E-state index contributed by atoms with van der Waals surface area (Å²) in [6.07, 6.45) is 2.18. The minimum Gasteiger partial charge on any atom is -0.325 e. The zero-order valence-electron chi connectivity index (χ0n) is 15.6. The lowest BCUT2D eigenvalue weighted by atomic mass is 10.1. The fourth-order valence-electron chi connectivity index (χ4n) is 2.98. The van der Waals surface area contributed by atoms with Gasteiger partial charge in [0.05, 0.1) is 10.6 Å². The number of hydrogen-bond acceptors (Lipinski definition) is 5. The van der Waals surface area contributed by atoms with Crippen molar-refractivity contribution in [1.29, 1.82) is 0 Å². The predicted molar refractivity (Wildman–Crippen MR) is 118 cm³/mol. The highest BCUT2D eigenvalue weighted by Crippen LogP contribution is 2.39. The van der Waals surface area contributed by atoms with E-state index in [1.54, 1.807) is 12.1 Å². The van der Waals surface area contributed by atoms with Gasteiger partial charge in [0.15, 0.2) is 0 Å². The molecular weight excluding hydrogens is 405 g/mol. The molecule has 0 fully saturated rings. The van der Waals surface area contributed by atoms with E-state index in [0.717, 1.165) is 32.1 Å². The first-order valence-corrected chi connectivity index (χ1v) is 10.9. The smallest absolute Gasteiger partial charge is 0.237 e. The number of thioether (sulfide) groups is 1. The van der Waals surface area contributed by atoms with Crippen LogP contribution >= 0.6 is 23.1 Å². The quantitative estimate of drug-likeness (QED) is 0.305. The number of fused-ring (bicyclic) bond motifs is 1. The topological polar surface area (TPSA) is 54.9 Å². The Kier molecular flexibility index (Phi) is 5.87. The van der Waals surface area contributed by atoms with Crippen LogP contribution < -0.4 is 5.32 Å². The third-order valence-corrected chi connectivity index (χ3v) is 6.70. The summed E-state index contributed by atoms with van der Waals surface area (Å²) in [5.41, 5.74) is 2.62. The van der Waals surface area contributed by atoms with Crippen LogP contribution in [0.15, 0.2) is 71.3 Å². The molecule has 0 saturated carbocycles. The number of carbonyl (C=O) groups excluding carboxylic acids is 1. The van der Waals surface area contributed by atoms with Crippen LogP contribution in [0, 0.1) is 5.82 Å². The highest BCUT2D eigenvalue weighted by atomic mass is 32.2. The number of benzene rings is 2. The molecule has 0 radical (unpaired) electrons. The standard InChI is InChI=1S/C22H18FN3OS2/c1-2-18(20(27)26-16-6-4-3-5-7-16)29-22-19-17(12-28-21(19)24-13-25-22)14-8-10-15(23)11-9-14/h3-13,18H,2H2,1H3,(H,26,27). The summed E-state index contributed by atoms with van der Waals surface area (Å²) in [6, 6.07) is 15.8. The first kappa shape index (κ1) is 19.5. The molecule has 0 bridgehead atoms. The zero-order valence-corrected chi connectivity index (χ0v) is 17.3. The Morgan fingerprint density at radius 1 is 1.14 bits per heavy atom. The van der Waals surface area contributed by atoms with E-state index in [1.807, 2.05) is 42.6 Å². The summed E-state index contributed by atoms with van der Waals surface area (Å²) < 4.78 is 13.3. The van der Waals surface area contributed by atoms with Crippen molar-refractivity contribution in [2.45, 2.75) is 23.6 Å². The molecule has 146 valence electrons. The van der Waals surface area contributed by atoms with Gasteiger partial charge in [0.2, 0.25) is 5.91 Å². The van der Waals surface area contributed by atoms with Gasteiger partial charge in [-0.25, -0.2) is 14.4 Å². The van der Waals surface area contributed by atoms with Crippen LogP contribution in [-0.2, 0) is 4.79 Å². The van der Waals surface area contributed by atoms with Gasteiger partial charge in [-0.2, -0.15) is 0 Å². The molecule has 2 aromatic carbocycles. The summed E-state index contributed by atoms with van der Waals surface area (Å²) in [5, 5.41) is 6.33. The van der Waals surface area contributed by atoms with Gasteiger partial charge < -0.3 is 5.32 Å². The maximum atomic E-state index is 13.3. The van der Waals surface area contributed by atoms with E-state index in [0.29, 0.717) is 6.42 Å². The normalized spacial score (nSPS) is 12.1. The summed E-state index contributed by atoms with van der Waals surface area (Å²) >= 11 is 2.95. The number of amides is 1. The molecule has 1 atom stereocenters. The number of nitrogens with one attached hydrogen (secondary N) is 1. The van der Waals surface area contributed by atoms with Crippen LogP contribution in [0.2, 0.25) is 0 Å². The van der Waals surface area contributed by atoms with E-state index in [4.69, 9.17) is 0 Å². The molecule has 2 aromatic heterocycles. The predicted octanol–water partition coefficient (Wildman–Crippen LogP) is 6.01. The SMILES string of the molecule is CCC(Sc1ncnc2scc(-c3ccc(F)cc3)c12)C(=O)Nc1ccccc1. The van der Waals surface area contributed by atoms with Crippen molar-refractivity contribution in [1.82, 2.24) is 9.97 Å². The molecular formula is C22H18FN3OS2. The number of aromatic nitrogens is 2. The molecule has 0 spiro atoms. The van der Waals surface area contributed by atoms with E-state index in [2.05, 4.69) is 15.3 Å². The van der Waals surface area contributed by atoms with Crippen molar-refractivity contribution in [3.05, 3.63) is 72.1 Å². The molecule has 7 heteroatoms. The molecule has 1 N–H and O–H groups in total. The molecule has 1 unspecified atom stereocenters. The van der Waals surface area contributed by atoms with Crippen molar-refractivity contribution in [2.75, 3.05) is 5.32 Å². The van der Waals surface area contributed by atoms with Gasteiger partial charge in [0, 0.05) is 16.6 Å². The van der Waals surface area contributed by atoms with Crippen molar-refractivity contribution in [2.24, 2.45) is 0 Å². The first-order valence-electron chi connectivity index (χ1n) is 9.16. The number of nitrogens with zero attached hydrogens (tertiary/aromatic N) is 2. The molecule has 2 heterocycles.